The highest BCUT2D eigenvalue weighted by Gasteiger charge is 2.57. The molecular formula is C33H34ClF2N7O10. The van der Waals surface area contributed by atoms with Crippen LogP contribution in [0.3, 0.4) is 0 Å². The van der Waals surface area contributed by atoms with Crippen molar-refractivity contribution in [2.24, 2.45) is 5.92 Å². The smallest absolute Gasteiger partial charge is 0.339 e. The van der Waals surface area contributed by atoms with Crippen molar-refractivity contribution in [3.63, 3.8) is 0 Å². The van der Waals surface area contributed by atoms with Crippen LogP contribution >= 0.6 is 11.6 Å². The van der Waals surface area contributed by atoms with Gasteiger partial charge in [-0.05, 0) is 20.3 Å². The summed E-state index contributed by atoms with van der Waals surface area (Å²) in [4.78, 5) is 72.5. The van der Waals surface area contributed by atoms with Crippen LogP contribution in [0.15, 0.2) is 24.8 Å². The van der Waals surface area contributed by atoms with Gasteiger partial charge in [0.05, 0.1) is 47.9 Å². The highest BCUT2D eigenvalue weighted by Crippen LogP contribution is 2.45. The zero-order chi connectivity index (χ0) is 38.5. The topological polar surface area (TPSA) is 206 Å². The van der Waals surface area contributed by atoms with Gasteiger partial charge in [-0.2, -0.15) is 5.10 Å². The Kier molecular flexibility index (Phi) is 10.2. The number of nitrogens with zero attached hydrogens (tertiary/aromatic N) is 5. The van der Waals surface area contributed by atoms with E-state index in [-0.39, 0.29) is 40.1 Å². The predicted molar refractivity (Wildman–Crippen MR) is 180 cm³/mol. The molecule has 7 atom stereocenters. The fourth-order valence-corrected chi connectivity index (χ4v) is 6.62. The van der Waals surface area contributed by atoms with E-state index in [9.17, 15) is 28.4 Å². The SMILES string of the molecule is COC(=O)[C@H]1O[C@@H](N(c2c(F)c(Cl)c(-c3cn4cc(NC(=O)[C@@H]5C[C@@H]5F)nc4cn3)c3cn[nH]c23)C(C)C)[C@H](OC(C)=O)[C@@H](OC(C)=O)[C@@H]1OC(C)=O. The number of rotatable bonds is 10. The third kappa shape index (κ3) is 7.17. The monoisotopic (exact) mass is 761 g/mol. The predicted octanol–water partition coefficient (Wildman–Crippen LogP) is 3.27. The second-order valence-electron chi connectivity index (χ2n) is 12.7. The van der Waals surface area contributed by atoms with Crippen molar-refractivity contribution in [1.29, 1.82) is 0 Å². The molecule has 2 fully saturated rings. The average Bonchev–Trinajstić information content (AvgIpc) is 3.42. The first-order valence-electron chi connectivity index (χ1n) is 16.3. The van der Waals surface area contributed by atoms with Crippen molar-refractivity contribution in [3.8, 4) is 11.3 Å². The first kappa shape index (κ1) is 37.3. The summed E-state index contributed by atoms with van der Waals surface area (Å²) in [5, 5.41) is 9.35. The van der Waals surface area contributed by atoms with E-state index in [0.29, 0.717) is 5.65 Å². The van der Waals surface area contributed by atoms with E-state index < -0.39 is 89.4 Å². The van der Waals surface area contributed by atoms with Gasteiger partial charge in [-0.1, -0.05) is 11.6 Å². The zero-order valence-corrected chi connectivity index (χ0v) is 29.8. The van der Waals surface area contributed by atoms with E-state index in [1.165, 1.54) is 34.1 Å². The van der Waals surface area contributed by atoms with Gasteiger partial charge in [0.1, 0.15) is 11.9 Å². The van der Waals surface area contributed by atoms with Gasteiger partial charge in [0.2, 0.25) is 5.91 Å². The molecule has 4 heterocycles. The van der Waals surface area contributed by atoms with Crippen LogP contribution in [0, 0.1) is 11.7 Å². The Morgan fingerprint density at radius 3 is 2.28 bits per heavy atom. The molecule has 4 aromatic rings. The quantitative estimate of drug-likeness (QED) is 0.176. The molecule has 6 rings (SSSR count). The molecule has 1 aliphatic heterocycles. The van der Waals surface area contributed by atoms with Crippen molar-refractivity contribution in [3.05, 3.63) is 35.6 Å². The van der Waals surface area contributed by atoms with Gasteiger partial charge in [0.25, 0.3) is 0 Å². The first-order valence-corrected chi connectivity index (χ1v) is 16.7. The molecule has 0 unspecified atom stereocenters. The van der Waals surface area contributed by atoms with Crippen LogP contribution < -0.4 is 10.2 Å². The number of aromatic amines is 1. The number of aromatic nitrogens is 5. The number of hydrogen-bond acceptors (Lipinski definition) is 14. The Morgan fingerprint density at radius 2 is 1.68 bits per heavy atom. The minimum Gasteiger partial charge on any atom is -0.467 e. The number of methoxy groups -OCH3 is 1. The van der Waals surface area contributed by atoms with Gasteiger partial charge < -0.3 is 38.3 Å². The standard InChI is InChI=1S/C33H34ClF2N7O10/c1-12(2)43(32-29(52-15(5)46)27(50-13(3)44)28(51-14(4)45)30(53-32)33(48)49-6)26-24(36)23(34)22(17-8-38-41-25(17)26)19-10-42-11-20(39-21(42)9-37-19)40-31(47)16-7-18(16)35/h8-12,16,18,27-30,32H,7H2,1-6H3,(H,38,41)(H,40,47)/t16-,18+,27+,28+,29-,30+,32-/m1/s1. The second kappa shape index (κ2) is 14.5. The van der Waals surface area contributed by atoms with Crippen LogP contribution in [0.4, 0.5) is 20.3 Å². The lowest BCUT2D eigenvalue weighted by atomic mass is 9.95. The number of nitrogens with one attached hydrogen (secondary N) is 2. The van der Waals surface area contributed by atoms with Crippen molar-refractivity contribution < 1.29 is 56.4 Å². The molecule has 0 bridgehead atoms. The fourth-order valence-electron chi connectivity index (χ4n) is 6.33. The summed E-state index contributed by atoms with van der Waals surface area (Å²) < 4.78 is 59.5. The van der Waals surface area contributed by atoms with E-state index >= 15 is 4.39 Å². The van der Waals surface area contributed by atoms with E-state index in [1.807, 2.05) is 0 Å². The normalized spacial score (nSPS) is 23.8. The third-order valence-electron chi connectivity index (χ3n) is 8.61. The van der Waals surface area contributed by atoms with Crippen LogP contribution in [0.5, 0.6) is 0 Å². The largest absolute Gasteiger partial charge is 0.467 e. The molecule has 282 valence electrons. The maximum Gasteiger partial charge on any atom is 0.339 e. The number of carbonyl (C=O) groups excluding carboxylic acids is 5. The number of carbonyl (C=O) groups is 5. The molecule has 1 aromatic carbocycles. The third-order valence-corrected chi connectivity index (χ3v) is 8.96. The minimum absolute atomic E-state index is 0.0761. The molecule has 17 nitrogen and oxygen atoms in total. The molecule has 2 aliphatic rings. The lowest BCUT2D eigenvalue weighted by Gasteiger charge is -2.48. The lowest BCUT2D eigenvalue weighted by Crippen LogP contribution is -2.68. The van der Waals surface area contributed by atoms with E-state index in [4.69, 9.17) is 35.3 Å². The first-order chi connectivity index (χ1) is 25.1. The van der Waals surface area contributed by atoms with Crippen LogP contribution in [-0.2, 0) is 47.7 Å². The summed E-state index contributed by atoms with van der Waals surface area (Å²) in [6, 6.07) is -0.722. The maximum atomic E-state index is 17.0. The average molecular weight is 762 g/mol. The number of benzene rings is 1. The lowest BCUT2D eigenvalue weighted by molar-refractivity contribution is -0.249. The molecule has 0 spiro atoms. The summed E-state index contributed by atoms with van der Waals surface area (Å²) in [5.74, 6) is -5.75. The molecule has 1 saturated carbocycles. The van der Waals surface area contributed by atoms with Gasteiger partial charge in [-0.25, -0.2) is 18.6 Å². The van der Waals surface area contributed by atoms with Crippen LogP contribution in [-0.4, -0.2) is 104 Å². The Hall–Kier alpha value is -5.43. The molecule has 1 saturated heterocycles. The van der Waals surface area contributed by atoms with Gasteiger partial charge in [-0.15, -0.1) is 0 Å². The van der Waals surface area contributed by atoms with Crippen molar-refractivity contribution >= 4 is 69.4 Å². The summed E-state index contributed by atoms with van der Waals surface area (Å²) >= 11 is 6.81. The molecule has 2 N–H and O–H groups in total. The number of alkyl halides is 1. The molecular weight excluding hydrogens is 728 g/mol. The van der Waals surface area contributed by atoms with Gasteiger partial charge in [0.15, 0.2) is 47.9 Å². The fraction of sp³-hybridized carbons (Fsp3) is 0.455. The van der Waals surface area contributed by atoms with Crippen LogP contribution in [0.25, 0.3) is 27.8 Å². The van der Waals surface area contributed by atoms with E-state index in [0.717, 1.165) is 27.9 Å². The van der Waals surface area contributed by atoms with Crippen LogP contribution in [0.2, 0.25) is 5.02 Å². The number of H-pyrrole nitrogens is 1. The summed E-state index contributed by atoms with van der Waals surface area (Å²) in [6.07, 6.45) is -3.55. The number of esters is 4. The number of anilines is 2. The Bertz CT molecular complexity index is 2130. The number of fused-ring (bicyclic) bond motifs is 2. The van der Waals surface area contributed by atoms with Gasteiger partial charge in [0, 0.05) is 44.0 Å². The number of ether oxygens (including phenoxy) is 5. The van der Waals surface area contributed by atoms with Crippen LogP contribution in [0.1, 0.15) is 41.0 Å². The maximum absolute atomic E-state index is 17.0. The number of imidazole rings is 1. The number of halogens is 3. The molecule has 20 heteroatoms. The van der Waals surface area contributed by atoms with E-state index in [1.54, 1.807) is 13.8 Å². The van der Waals surface area contributed by atoms with Crippen molar-refractivity contribution in [1.82, 2.24) is 24.6 Å². The zero-order valence-electron chi connectivity index (χ0n) is 29.1. The van der Waals surface area contributed by atoms with Gasteiger partial charge >= 0.3 is 23.9 Å². The molecule has 1 aliphatic carbocycles. The van der Waals surface area contributed by atoms with Gasteiger partial charge in [-0.3, -0.25) is 29.3 Å². The molecule has 0 radical (unpaired) electrons. The minimum atomic E-state index is -1.75. The Balaban J connectivity index is 1.47. The molecule has 3 aromatic heterocycles. The highest BCUT2D eigenvalue weighted by atomic mass is 35.5. The molecule has 53 heavy (non-hydrogen) atoms. The van der Waals surface area contributed by atoms with Crippen molar-refractivity contribution in [2.45, 2.75) is 83.9 Å². The summed E-state index contributed by atoms with van der Waals surface area (Å²) in [5.41, 5.74) is 0.445. The summed E-state index contributed by atoms with van der Waals surface area (Å²) in [7, 11) is 1.05. The Morgan fingerprint density at radius 1 is 1.04 bits per heavy atom. The van der Waals surface area contributed by atoms with Crippen molar-refractivity contribution in [2.75, 3.05) is 17.3 Å². The summed E-state index contributed by atoms with van der Waals surface area (Å²) in [6.45, 7) is 6.47. The number of hydrogen-bond donors (Lipinski definition) is 2. The Labute approximate surface area is 304 Å². The second-order valence-corrected chi connectivity index (χ2v) is 13.1. The molecule has 1 amide bonds. The number of amides is 1. The van der Waals surface area contributed by atoms with E-state index in [2.05, 4.69) is 25.5 Å². The highest BCUT2D eigenvalue weighted by molar-refractivity contribution is 6.36.